The molecule has 1 aliphatic rings. The van der Waals surface area contributed by atoms with Crippen LogP contribution < -0.4 is 0 Å². The number of ether oxygens (including phenoxy) is 2. The lowest BCUT2D eigenvalue weighted by atomic mass is 10.2. The van der Waals surface area contributed by atoms with Crippen molar-refractivity contribution in [3.05, 3.63) is 35.9 Å². The predicted molar refractivity (Wildman–Crippen MR) is 107 cm³/mol. The molecule has 1 aliphatic heterocycles. The van der Waals surface area contributed by atoms with Gasteiger partial charge in [-0.1, -0.05) is 71.9 Å². The van der Waals surface area contributed by atoms with Crippen LogP contribution in [0, 0.1) is 0 Å². The van der Waals surface area contributed by atoms with Gasteiger partial charge >= 0.3 is 5.97 Å². The molecule has 152 valence electrons. The standard InChI is InChI=1S/C21H33FO4Si/c1-14(2)27(15(3)4,16(5)6)26-20-18(25-21(23)19(20)22)13-24-12-17-10-8-7-9-11-17/h7-11,14-16,18-20H,12-13H2,1-6H3. The number of halogens is 1. The molecule has 0 aliphatic carbocycles. The topological polar surface area (TPSA) is 44.8 Å². The molecule has 0 amide bonds. The minimum atomic E-state index is -2.34. The summed E-state index contributed by atoms with van der Waals surface area (Å²) in [5.74, 6) is -0.840. The van der Waals surface area contributed by atoms with Crippen LogP contribution in [0.3, 0.4) is 0 Å². The number of carbonyl (C=O) groups excluding carboxylic acids is 1. The highest BCUT2D eigenvalue weighted by atomic mass is 28.4. The molecular formula is C21H33FO4Si. The van der Waals surface area contributed by atoms with Crippen molar-refractivity contribution in [3.8, 4) is 0 Å². The van der Waals surface area contributed by atoms with Gasteiger partial charge in [0.05, 0.1) is 13.2 Å². The van der Waals surface area contributed by atoms with Gasteiger partial charge in [0.2, 0.25) is 14.5 Å². The number of hydrogen-bond donors (Lipinski definition) is 0. The van der Waals surface area contributed by atoms with Gasteiger partial charge in [0, 0.05) is 0 Å². The fraction of sp³-hybridized carbons (Fsp3) is 0.667. The summed E-state index contributed by atoms with van der Waals surface area (Å²) in [5.41, 5.74) is 1.91. The second kappa shape index (κ2) is 9.30. The molecule has 3 unspecified atom stereocenters. The largest absolute Gasteiger partial charge is 0.455 e. The number of alkyl halides is 1. The van der Waals surface area contributed by atoms with Crippen LogP contribution in [0.4, 0.5) is 4.39 Å². The normalized spacial score (nSPS) is 23.5. The van der Waals surface area contributed by atoms with Gasteiger partial charge in [-0.05, 0) is 22.2 Å². The smallest absolute Gasteiger partial charge is 0.344 e. The molecule has 27 heavy (non-hydrogen) atoms. The highest BCUT2D eigenvalue weighted by Gasteiger charge is 2.54. The molecule has 3 atom stereocenters. The second-order valence-electron chi connectivity index (χ2n) is 8.28. The van der Waals surface area contributed by atoms with E-state index in [0.29, 0.717) is 23.2 Å². The molecule has 0 spiro atoms. The zero-order valence-corrected chi connectivity index (χ0v) is 18.3. The summed E-state index contributed by atoms with van der Waals surface area (Å²) in [5, 5.41) is 0. The van der Waals surface area contributed by atoms with Crippen molar-refractivity contribution in [2.24, 2.45) is 0 Å². The van der Waals surface area contributed by atoms with Crippen molar-refractivity contribution in [1.29, 1.82) is 0 Å². The molecule has 1 fully saturated rings. The highest BCUT2D eigenvalue weighted by molar-refractivity contribution is 6.77. The second-order valence-corrected chi connectivity index (χ2v) is 13.7. The van der Waals surface area contributed by atoms with Gasteiger partial charge in [-0.15, -0.1) is 0 Å². The molecule has 0 saturated carbocycles. The maximum absolute atomic E-state index is 14.7. The molecule has 1 aromatic rings. The first-order chi connectivity index (χ1) is 12.7. The molecule has 0 radical (unpaired) electrons. The molecule has 0 bridgehead atoms. The Bertz CT molecular complexity index is 584. The summed E-state index contributed by atoms with van der Waals surface area (Å²) in [7, 11) is -2.34. The lowest BCUT2D eigenvalue weighted by Gasteiger charge is -2.44. The van der Waals surface area contributed by atoms with Crippen LogP contribution in [0.5, 0.6) is 0 Å². The average molecular weight is 397 g/mol. The molecule has 1 heterocycles. The molecule has 1 saturated heterocycles. The molecule has 1 aromatic carbocycles. The Morgan fingerprint density at radius 1 is 1.04 bits per heavy atom. The zero-order chi connectivity index (χ0) is 20.2. The Kier molecular flexibility index (Phi) is 7.60. The van der Waals surface area contributed by atoms with E-state index in [2.05, 4.69) is 41.5 Å². The summed E-state index contributed by atoms with van der Waals surface area (Å²) in [6.45, 7) is 13.3. The highest BCUT2D eigenvalue weighted by Crippen LogP contribution is 2.44. The van der Waals surface area contributed by atoms with E-state index >= 15 is 0 Å². The maximum Gasteiger partial charge on any atom is 0.344 e. The summed E-state index contributed by atoms with van der Waals surface area (Å²) in [4.78, 5) is 11.9. The summed E-state index contributed by atoms with van der Waals surface area (Å²) in [6, 6.07) is 9.73. The Labute approximate surface area is 163 Å². The van der Waals surface area contributed by atoms with E-state index < -0.39 is 32.7 Å². The van der Waals surface area contributed by atoms with Gasteiger partial charge in [-0.3, -0.25) is 0 Å². The van der Waals surface area contributed by atoms with Crippen molar-refractivity contribution in [3.63, 3.8) is 0 Å². The maximum atomic E-state index is 14.7. The third-order valence-electron chi connectivity index (χ3n) is 5.59. The van der Waals surface area contributed by atoms with Crippen LogP contribution in [0.2, 0.25) is 16.6 Å². The van der Waals surface area contributed by atoms with Crippen LogP contribution in [0.15, 0.2) is 30.3 Å². The number of benzene rings is 1. The summed E-state index contributed by atoms with van der Waals surface area (Å²) >= 11 is 0. The molecule has 4 nitrogen and oxygen atoms in total. The van der Waals surface area contributed by atoms with Crippen LogP contribution in [0.25, 0.3) is 0 Å². The Hall–Kier alpha value is -1.24. The Morgan fingerprint density at radius 2 is 1.59 bits per heavy atom. The van der Waals surface area contributed by atoms with Crippen molar-refractivity contribution in [2.45, 2.75) is 83.2 Å². The van der Waals surface area contributed by atoms with Crippen LogP contribution >= 0.6 is 0 Å². The van der Waals surface area contributed by atoms with E-state index in [4.69, 9.17) is 13.9 Å². The minimum Gasteiger partial charge on any atom is -0.455 e. The first-order valence-corrected chi connectivity index (χ1v) is 12.0. The SMILES string of the molecule is CC(C)[Si](OC1C(COCc2ccccc2)OC(=O)C1F)(C(C)C)C(C)C. The Morgan fingerprint density at radius 3 is 2.11 bits per heavy atom. The van der Waals surface area contributed by atoms with Crippen molar-refractivity contribution in [1.82, 2.24) is 0 Å². The van der Waals surface area contributed by atoms with Gasteiger partial charge in [0.1, 0.15) is 6.10 Å². The molecule has 0 aromatic heterocycles. The number of cyclic esters (lactones) is 1. The van der Waals surface area contributed by atoms with E-state index in [0.717, 1.165) is 5.56 Å². The van der Waals surface area contributed by atoms with Gasteiger partial charge in [-0.25, -0.2) is 9.18 Å². The van der Waals surface area contributed by atoms with Crippen LogP contribution in [-0.4, -0.2) is 39.3 Å². The van der Waals surface area contributed by atoms with E-state index in [1.165, 1.54) is 0 Å². The fourth-order valence-corrected chi connectivity index (χ4v) is 9.94. The van der Waals surface area contributed by atoms with E-state index in [1.54, 1.807) is 0 Å². The molecule has 6 heteroatoms. The molecular weight excluding hydrogens is 363 g/mol. The molecule has 2 rings (SSSR count). The number of esters is 1. The predicted octanol–water partition coefficient (Wildman–Crippen LogP) is 5.03. The first-order valence-electron chi connectivity index (χ1n) is 9.84. The minimum absolute atomic E-state index is 0.129. The van der Waals surface area contributed by atoms with Gasteiger partial charge in [0.15, 0.2) is 6.10 Å². The monoisotopic (exact) mass is 396 g/mol. The third-order valence-corrected chi connectivity index (χ3v) is 11.7. The van der Waals surface area contributed by atoms with Gasteiger partial charge in [-0.2, -0.15) is 0 Å². The lowest BCUT2D eigenvalue weighted by molar-refractivity contribution is -0.147. The first kappa shape index (κ1) is 22.1. The number of carbonyl (C=O) groups is 1. The van der Waals surface area contributed by atoms with Crippen molar-refractivity contribution < 1.29 is 23.1 Å². The van der Waals surface area contributed by atoms with E-state index in [-0.39, 0.29) is 6.61 Å². The average Bonchev–Trinajstić information content (AvgIpc) is 2.86. The van der Waals surface area contributed by atoms with E-state index in [9.17, 15) is 9.18 Å². The quantitative estimate of drug-likeness (QED) is 0.434. The fourth-order valence-electron chi connectivity index (χ4n) is 4.38. The van der Waals surface area contributed by atoms with Crippen molar-refractivity contribution >= 4 is 14.3 Å². The Balaban J connectivity index is 2.12. The van der Waals surface area contributed by atoms with Crippen LogP contribution in [-0.2, 0) is 25.3 Å². The van der Waals surface area contributed by atoms with E-state index in [1.807, 2.05) is 30.3 Å². The lowest BCUT2D eigenvalue weighted by Crippen LogP contribution is -2.53. The molecule has 0 N–H and O–H groups in total. The van der Waals surface area contributed by atoms with Gasteiger partial charge < -0.3 is 13.9 Å². The summed E-state index contributed by atoms with van der Waals surface area (Å²) in [6.07, 6.45) is -3.36. The van der Waals surface area contributed by atoms with Crippen LogP contribution in [0.1, 0.15) is 47.1 Å². The number of rotatable bonds is 9. The van der Waals surface area contributed by atoms with Crippen molar-refractivity contribution in [2.75, 3.05) is 6.61 Å². The third kappa shape index (κ3) is 4.79. The van der Waals surface area contributed by atoms with Gasteiger partial charge in [0.25, 0.3) is 0 Å². The number of hydrogen-bond acceptors (Lipinski definition) is 4. The zero-order valence-electron chi connectivity index (χ0n) is 17.3. The summed E-state index contributed by atoms with van der Waals surface area (Å²) < 4.78 is 32.2.